The summed E-state index contributed by atoms with van der Waals surface area (Å²) in [5, 5.41) is 12.1. The third-order valence-corrected chi connectivity index (χ3v) is 2.28. The number of likely N-dealkylation sites (N-methyl/N-ethyl adjacent to an activating group) is 1. The molecule has 0 radical (unpaired) electrons. The third kappa shape index (κ3) is 4.58. The van der Waals surface area contributed by atoms with E-state index in [-0.39, 0.29) is 12.6 Å². The molecule has 0 fully saturated rings. The summed E-state index contributed by atoms with van der Waals surface area (Å²) >= 11 is 0. The fourth-order valence-corrected chi connectivity index (χ4v) is 0.806. The number of hydrogen-bond donors (Lipinski definition) is 2. The zero-order valence-electron chi connectivity index (χ0n) is 9.46. The first kappa shape index (κ1) is 13.4. The Morgan fingerprint density at radius 3 is 2.57 bits per heavy atom. The van der Waals surface area contributed by atoms with Crippen molar-refractivity contribution in [2.45, 2.75) is 33.3 Å². The first-order valence-corrected chi connectivity index (χ1v) is 4.94. The molecule has 0 saturated heterocycles. The largest absolute Gasteiger partial charge is 0.462 e. The molecule has 0 heterocycles. The summed E-state index contributed by atoms with van der Waals surface area (Å²) in [4.78, 5) is 11.5. The molecule has 0 aliphatic heterocycles. The lowest BCUT2D eigenvalue weighted by molar-refractivity contribution is -0.157. The van der Waals surface area contributed by atoms with E-state index in [9.17, 15) is 9.90 Å². The lowest BCUT2D eigenvalue weighted by Gasteiger charge is -2.21. The van der Waals surface area contributed by atoms with Gasteiger partial charge in [0.1, 0.15) is 12.7 Å². The Kier molecular flexibility index (Phi) is 5.72. The van der Waals surface area contributed by atoms with Gasteiger partial charge in [0.25, 0.3) is 0 Å². The number of rotatable bonds is 6. The second-order valence-electron chi connectivity index (χ2n) is 4.05. The van der Waals surface area contributed by atoms with Gasteiger partial charge in [-0.25, -0.2) is 0 Å². The van der Waals surface area contributed by atoms with Gasteiger partial charge in [0.2, 0.25) is 0 Å². The molecular formula is C10H21NO3. The van der Waals surface area contributed by atoms with Crippen LogP contribution in [0.2, 0.25) is 0 Å². The predicted octanol–water partition coefficient (Wildman–Crippen LogP) is 0.546. The zero-order chi connectivity index (χ0) is 11.2. The second kappa shape index (κ2) is 5.98. The topological polar surface area (TPSA) is 58.6 Å². The second-order valence-corrected chi connectivity index (χ2v) is 4.05. The van der Waals surface area contributed by atoms with Crippen LogP contribution in [0, 0.1) is 5.41 Å². The van der Waals surface area contributed by atoms with E-state index < -0.39 is 11.5 Å². The Labute approximate surface area is 85.6 Å². The number of carbonyl (C=O) groups excluding carboxylic acids is 1. The minimum absolute atomic E-state index is 0.0586. The molecule has 0 saturated carbocycles. The minimum Gasteiger partial charge on any atom is -0.462 e. The number of aliphatic hydroxyl groups excluding tert-OH is 1. The molecule has 0 aliphatic rings. The fraction of sp³-hybridized carbons (Fsp3) is 0.900. The molecular weight excluding hydrogens is 182 g/mol. The molecule has 0 aromatic heterocycles. The van der Waals surface area contributed by atoms with Crippen LogP contribution in [0.3, 0.4) is 0 Å². The average molecular weight is 203 g/mol. The van der Waals surface area contributed by atoms with Crippen LogP contribution in [0.15, 0.2) is 0 Å². The molecule has 0 amide bonds. The summed E-state index contributed by atoms with van der Waals surface area (Å²) in [7, 11) is 1.74. The van der Waals surface area contributed by atoms with Gasteiger partial charge in [-0.05, 0) is 27.3 Å². The minimum atomic E-state index is -0.628. The summed E-state index contributed by atoms with van der Waals surface area (Å²) in [5.74, 6) is -0.254. The van der Waals surface area contributed by atoms with Crippen LogP contribution in [0.1, 0.15) is 27.2 Å². The highest BCUT2D eigenvalue weighted by Crippen LogP contribution is 2.21. The maximum absolute atomic E-state index is 11.5. The van der Waals surface area contributed by atoms with Crippen LogP contribution in [0.25, 0.3) is 0 Å². The van der Waals surface area contributed by atoms with E-state index in [1.165, 1.54) is 0 Å². The quantitative estimate of drug-likeness (QED) is 0.619. The molecule has 1 unspecified atom stereocenters. The number of esters is 1. The van der Waals surface area contributed by atoms with E-state index in [2.05, 4.69) is 5.32 Å². The Bertz CT molecular complexity index is 180. The average Bonchev–Trinajstić information content (AvgIpc) is 2.14. The van der Waals surface area contributed by atoms with Gasteiger partial charge in [-0.15, -0.1) is 0 Å². The Morgan fingerprint density at radius 1 is 1.57 bits per heavy atom. The molecule has 0 aromatic rings. The summed E-state index contributed by atoms with van der Waals surface area (Å²) in [5.41, 5.74) is -0.459. The molecule has 0 spiro atoms. The lowest BCUT2D eigenvalue weighted by Crippen LogP contribution is -2.33. The van der Waals surface area contributed by atoms with Crippen molar-refractivity contribution in [1.82, 2.24) is 5.32 Å². The first-order valence-electron chi connectivity index (χ1n) is 4.94. The van der Waals surface area contributed by atoms with Crippen molar-refractivity contribution in [1.29, 1.82) is 0 Å². The highest BCUT2D eigenvalue weighted by molar-refractivity contribution is 5.75. The van der Waals surface area contributed by atoms with E-state index >= 15 is 0 Å². The van der Waals surface area contributed by atoms with Gasteiger partial charge in [-0.1, -0.05) is 6.92 Å². The van der Waals surface area contributed by atoms with Crippen molar-refractivity contribution in [2.24, 2.45) is 5.41 Å². The number of nitrogens with one attached hydrogen (secondary N) is 1. The molecule has 0 rings (SSSR count). The highest BCUT2D eigenvalue weighted by atomic mass is 16.5. The Hall–Kier alpha value is -0.610. The third-order valence-electron chi connectivity index (χ3n) is 2.28. The molecule has 0 aliphatic carbocycles. The van der Waals surface area contributed by atoms with Crippen LogP contribution in [0.4, 0.5) is 0 Å². The van der Waals surface area contributed by atoms with E-state index in [4.69, 9.17) is 4.74 Å². The monoisotopic (exact) mass is 203 g/mol. The smallest absolute Gasteiger partial charge is 0.311 e. The summed E-state index contributed by atoms with van der Waals surface area (Å²) in [6.07, 6.45) is 0.102. The number of ether oxygens (including phenoxy) is 1. The predicted molar refractivity (Wildman–Crippen MR) is 55.0 cm³/mol. The normalized spacial score (nSPS) is 13.8. The van der Waals surface area contributed by atoms with Crippen molar-refractivity contribution in [3.8, 4) is 0 Å². The zero-order valence-corrected chi connectivity index (χ0v) is 9.46. The van der Waals surface area contributed by atoms with Gasteiger partial charge >= 0.3 is 5.97 Å². The number of carbonyl (C=O) groups is 1. The van der Waals surface area contributed by atoms with E-state index in [0.717, 1.165) is 6.42 Å². The molecule has 1 atom stereocenters. The molecule has 2 N–H and O–H groups in total. The summed E-state index contributed by atoms with van der Waals surface area (Å²) in [6, 6.07) is 0. The molecule has 84 valence electrons. The highest BCUT2D eigenvalue weighted by Gasteiger charge is 2.27. The summed E-state index contributed by atoms with van der Waals surface area (Å²) < 4.78 is 4.98. The molecule has 4 heteroatoms. The van der Waals surface area contributed by atoms with Gasteiger partial charge in [0, 0.05) is 6.54 Å². The van der Waals surface area contributed by atoms with Crippen molar-refractivity contribution in [2.75, 3.05) is 20.2 Å². The number of aliphatic hydroxyl groups is 1. The van der Waals surface area contributed by atoms with Crippen LogP contribution >= 0.6 is 0 Å². The maximum atomic E-state index is 11.5. The van der Waals surface area contributed by atoms with Gasteiger partial charge in [0.05, 0.1) is 5.41 Å². The standard InChI is InChI=1S/C10H21NO3/c1-5-10(2,3)9(13)14-7-8(12)6-11-4/h8,11-12H,5-7H2,1-4H3. The maximum Gasteiger partial charge on any atom is 0.311 e. The van der Waals surface area contributed by atoms with Gasteiger partial charge in [0.15, 0.2) is 0 Å². The van der Waals surface area contributed by atoms with Crippen LogP contribution in [-0.2, 0) is 9.53 Å². The first-order chi connectivity index (χ1) is 6.44. The van der Waals surface area contributed by atoms with Crippen LogP contribution in [-0.4, -0.2) is 37.4 Å². The molecule has 4 nitrogen and oxygen atoms in total. The van der Waals surface area contributed by atoms with Gasteiger partial charge in [-0.3, -0.25) is 4.79 Å². The number of hydrogen-bond acceptors (Lipinski definition) is 4. The molecule has 14 heavy (non-hydrogen) atoms. The van der Waals surface area contributed by atoms with Gasteiger partial charge < -0.3 is 15.2 Å². The fourth-order valence-electron chi connectivity index (χ4n) is 0.806. The summed E-state index contributed by atoms with van der Waals surface area (Å²) in [6.45, 7) is 6.09. The van der Waals surface area contributed by atoms with Crippen molar-refractivity contribution < 1.29 is 14.6 Å². The van der Waals surface area contributed by atoms with Crippen molar-refractivity contribution in [3.05, 3.63) is 0 Å². The lowest BCUT2D eigenvalue weighted by atomic mass is 9.91. The van der Waals surface area contributed by atoms with E-state index in [1.54, 1.807) is 7.05 Å². The van der Waals surface area contributed by atoms with Crippen LogP contribution < -0.4 is 5.32 Å². The molecule has 0 aromatic carbocycles. The van der Waals surface area contributed by atoms with E-state index in [0.29, 0.717) is 6.54 Å². The molecule has 0 bridgehead atoms. The Morgan fingerprint density at radius 2 is 2.14 bits per heavy atom. The van der Waals surface area contributed by atoms with E-state index in [1.807, 2.05) is 20.8 Å². The van der Waals surface area contributed by atoms with Crippen molar-refractivity contribution >= 4 is 5.97 Å². The van der Waals surface area contributed by atoms with Gasteiger partial charge in [-0.2, -0.15) is 0 Å². The Balaban J connectivity index is 3.85. The van der Waals surface area contributed by atoms with Crippen molar-refractivity contribution in [3.63, 3.8) is 0 Å². The van der Waals surface area contributed by atoms with Crippen LogP contribution in [0.5, 0.6) is 0 Å². The SMILES string of the molecule is CCC(C)(C)C(=O)OCC(O)CNC.